The lowest BCUT2D eigenvalue weighted by atomic mass is 9.66. The van der Waals surface area contributed by atoms with Gasteiger partial charge in [0.1, 0.15) is 11.5 Å². The average molecular weight is 665 g/mol. The average Bonchev–Trinajstić information content (AvgIpc) is 3.52. The van der Waals surface area contributed by atoms with E-state index in [9.17, 15) is 5.26 Å². The Kier molecular flexibility index (Phi) is 6.70. The van der Waals surface area contributed by atoms with Crippen LogP contribution in [-0.2, 0) is 5.41 Å². The van der Waals surface area contributed by atoms with E-state index in [2.05, 4.69) is 97.1 Å². The summed E-state index contributed by atoms with van der Waals surface area (Å²) in [6.07, 6.45) is 0. The van der Waals surface area contributed by atoms with E-state index in [-0.39, 0.29) is 0 Å². The van der Waals surface area contributed by atoms with E-state index >= 15 is 0 Å². The van der Waals surface area contributed by atoms with Gasteiger partial charge in [-0.2, -0.15) is 5.26 Å². The van der Waals surface area contributed by atoms with Gasteiger partial charge in [-0.15, -0.1) is 0 Å². The van der Waals surface area contributed by atoms with Crippen molar-refractivity contribution >= 4 is 0 Å². The molecule has 242 valence electrons. The molecule has 5 nitrogen and oxygen atoms in total. The summed E-state index contributed by atoms with van der Waals surface area (Å²) >= 11 is 0. The highest BCUT2D eigenvalue weighted by Gasteiger charge is 2.51. The smallest absolute Gasteiger partial charge is 0.164 e. The first-order valence-corrected chi connectivity index (χ1v) is 17.2. The predicted molar refractivity (Wildman–Crippen MR) is 204 cm³/mol. The lowest BCUT2D eigenvalue weighted by Crippen LogP contribution is -2.32. The molecule has 5 heteroatoms. The minimum absolute atomic E-state index is 0.573. The highest BCUT2D eigenvalue weighted by atomic mass is 16.5. The molecular formula is C47H28N4O. The number of para-hydroxylation sites is 1. The molecule has 0 N–H and O–H groups in total. The second kappa shape index (κ2) is 11.7. The Bertz CT molecular complexity index is 2680. The third kappa shape index (κ3) is 4.52. The molecule has 0 atom stereocenters. The van der Waals surface area contributed by atoms with E-state index in [0.29, 0.717) is 23.0 Å². The normalized spacial score (nSPS) is 12.9. The lowest BCUT2D eigenvalue weighted by Gasteiger charge is -2.39. The number of aromatic nitrogens is 3. The maximum absolute atomic E-state index is 9.31. The fraction of sp³-hybridized carbons (Fsp3) is 0.0213. The zero-order valence-electron chi connectivity index (χ0n) is 27.9. The molecule has 2 heterocycles. The molecule has 2 aliphatic rings. The topological polar surface area (TPSA) is 71.7 Å². The zero-order valence-corrected chi connectivity index (χ0v) is 27.9. The lowest BCUT2D eigenvalue weighted by molar-refractivity contribution is 0.436. The first kappa shape index (κ1) is 29.7. The van der Waals surface area contributed by atoms with Crippen molar-refractivity contribution in [2.24, 2.45) is 0 Å². The number of ether oxygens (including phenoxy) is 1. The maximum atomic E-state index is 9.31. The van der Waals surface area contributed by atoms with Crippen LogP contribution in [0.3, 0.4) is 0 Å². The first-order valence-electron chi connectivity index (χ1n) is 17.2. The second-order valence-electron chi connectivity index (χ2n) is 13.1. The Morgan fingerprint density at radius 2 is 0.923 bits per heavy atom. The molecule has 1 aromatic heterocycles. The molecule has 52 heavy (non-hydrogen) atoms. The van der Waals surface area contributed by atoms with Crippen LogP contribution in [0.15, 0.2) is 170 Å². The molecule has 0 saturated heterocycles. The van der Waals surface area contributed by atoms with E-state index in [4.69, 9.17) is 19.7 Å². The van der Waals surface area contributed by atoms with Crippen LogP contribution in [0.1, 0.15) is 27.8 Å². The number of hydrogen-bond acceptors (Lipinski definition) is 5. The van der Waals surface area contributed by atoms with E-state index in [1.54, 1.807) is 0 Å². The number of rotatable bonds is 4. The van der Waals surface area contributed by atoms with Crippen LogP contribution >= 0.6 is 0 Å². The van der Waals surface area contributed by atoms with Crippen LogP contribution < -0.4 is 4.74 Å². The summed E-state index contributed by atoms with van der Waals surface area (Å²) < 4.78 is 6.67. The van der Waals surface area contributed by atoms with Crippen molar-refractivity contribution in [2.75, 3.05) is 0 Å². The summed E-state index contributed by atoms with van der Waals surface area (Å²) in [6, 6.07) is 60.2. The van der Waals surface area contributed by atoms with Gasteiger partial charge in [0.25, 0.3) is 0 Å². The molecule has 0 unspecified atom stereocenters. The monoisotopic (exact) mass is 664 g/mol. The molecule has 0 radical (unpaired) electrons. The zero-order chi connectivity index (χ0) is 34.6. The van der Waals surface area contributed by atoms with Crippen LogP contribution in [0, 0.1) is 11.3 Å². The Labute approximate surface area is 301 Å². The third-order valence-corrected chi connectivity index (χ3v) is 10.2. The summed E-state index contributed by atoms with van der Waals surface area (Å²) in [4.78, 5) is 15.3. The fourth-order valence-electron chi connectivity index (χ4n) is 7.92. The van der Waals surface area contributed by atoms with Crippen molar-refractivity contribution in [3.8, 4) is 74.0 Å². The SMILES string of the molecule is N#Cc1ccc(-c2cccc(-c3nc(-c4ccccc4)nc(-c4ccc5c(c4)C4(c6ccccc6O5)c5ccccc5-c5ccccc54)n3)c2)cc1. The van der Waals surface area contributed by atoms with Gasteiger partial charge in [-0.05, 0) is 75.8 Å². The number of nitrogens with zero attached hydrogens (tertiary/aromatic N) is 4. The van der Waals surface area contributed by atoms with E-state index in [0.717, 1.165) is 50.4 Å². The Morgan fingerprint density at radius 1 is 0.404 bits per heavy atom. The van der Waals surface area contributed by atoms with E-state index in [1.807, 2.05) is 78.9 Å². The van der Waals surface area contributed by atoms with Gasteiger partial charge >= 0.3 is 0 Å². The van der Waals surface area contributed by atoms with E-state index in [1.165, 1.54) is 22.3 Å². The summed E-state index contributed by atoms with van der Waals surface area (Å²) in [5, 5.41) is 9.31. The molecule has 1 spiro atoms. The molecule has 1 aliphatic heterocycles. The largest absolute Gasteiger partial charge is 0.457 e. The molecule has 0 fully saturated rings. The summed E-state index contributed by atoms with van der Waals surface area (Å²) in [5.74, 6) is 3.40. The number of nitriles is 1. The maximum Gasteiger partial charge on any atom is 0.164 e. The first-order chi connectivity index (χ1) is 25.7. The van der Waals surface area contributed by atoms with Crippen molar-refractivity contribution in [2.45, 2.75) is 5.41 Å². The van der Waals surface area contributed by atoms with Crippen LogP contribution in [0.4, 0.5) is 0 Å². The van der Waals surface area contributed by atoms with Crippen molar-refractivity contribution < 1.29 is 4.74 Å². The van der Waals surface area contributed by atoms with Crippen LogP contribution in [0.2, 0.25) is 0 Å². The molecule has 0 amide bonds. The van der Waals surface area contributed by atoms with Gasteiger partial charge in [-0.25, -0.2) is 15.0 Å². The van der Waals surface area contributed by atoms with Crippen molar-refractivity contribution in [1.29, 1.82) is 5.26 Å². The minimum Gasteiger partial charge on any atom is -0.457 e. The van der Waals surface area contributed by atoms with Gasteiger partial charge < -0.3 is 4.74 Å². The second-order valence-corrected chi connectivity index (χ2v) is 13.1. The van der Waals surface area contributed by atoms with E-state index < -0.39 is 5.41 Å². The van der Waals surface area contributed by atoms with Crippen molar-refractivity contribution in [1.82, 2.24) is 15.0 Å². The van der Waals surface area contributed by atoms with Gasteiger partial charge in [-0.3, -0.25) is 0 Å². The minimum atomic E-state index is -0.596. The Balaban J connectivity index is 1.19. The molecule has 8 aromatic rings. The molecular weight excluding hydrogens is 637 g/mol. The van der Waals surface area contributed by atoms with Crippen LogP contribution in [0.25, 0.3) is 56.4 Å². The highest BCUT2D eigenvalue weighted by Crippen LogP contribution is 2.62. The molecule has 0 saturated carbocycles. The van der Waals surface area contributed by atoms with Crippen molar-refractivity contribution in [3.05, 3.63) is 198 Å². The summed E-state index contributed by atoms with van der Waals surface area (Å²) in [5.41, 5.74) is 11.7. The Hall–Kier alpha value is -7.16. The predicted octanol–water partition coefficient (Wildman–Crippen LogP) is 10.9. The standard InChI is InChI=1S/C47H28N4O/c48-29-30-21-23-31(24-22-30)33-13-10-14-34(27-33)45-49-44(32-11-2-1-3-12-32)50-46(51-45)35-25-26-43-41(28-35)47(40-19-8-9-20-42(40)52-43)38-17-6-4-15-36(38)37-16-5-7-18-39(37)47/h1-28H. The fourth-order valence-corrected chi connectivity index (χ4v) is 7.92. The molecule has 7 aromatic carbocycles. The van der Waals surface area contributed by atoms with Gasteiger partial charge in [0.15, 0.2) is 17.5 Å². The third-order valence-electron chi connectivity index (χ3n) is 10.2. The molecule has 0 bridgehead atoms. The number of hydrogen-bond donors (Lipinski definition) is 0. The van der Waals surface area contributed by atoms with Gasteiger partial charge in [0.2, 0.25) is 0 Å². The van der Waals surface area contributed by atoms with Gasteiger partial charge in [-0.1, -0.05) is 127 Å². The quantitative estimate of drug-likeness (QED) is 0.187. The number of fused-ring (bicyclic) bond motifs is 9. The molecule has 1 aliphatic carbocycles. The van der Waals surface area contributed by atoms with Crippen molar-refractivity contribution in [3.63, 3.8) is 0 Å². The summed E-state index contributed by atoms with van der Waals surface area (Å²) in [6.45, 7) is 0. The number of benzene rings is 7. The summed E-state index contributed by atoms with van der Waals surface area (Å²) in [7, 11) is 0. The molecule has 10 rings (SSSR count). The highest BCUT2D eigenvalue weighted by molar-refractivity contribution is 5.89. The van der Waals surface area contributed by atoms with Crippen LogP contribution in [0.5, 0.6) is 11.5 Å². The van der Waals surface area contributed by atoms with Crippen LogP contribution in [-0.4, -0.2) is 15.0 Å². The van der Waals surface area contributed by atoms with Gasteiger partial charge in [0, 0.05) is 27.8 Å². The van der Waals surface area contributed by atoms with Gasteiger partial charge in [0.05, 0.1) is 17.0 Å². The Morgan fingerprint density at radius 3 is 1.62 bits per heavy atom.